The van der Waals surface area contributed by atoms with E-state index in [0.717, 1.165) is 17.8 Å². The van der Waals surface area contributed by atoms with Gasteiger partial charge < -0.3 is 0 Å². The molecule has 0 heteroatoms. The van der Waals surface area contributed by atoms with Crippen LogP contribution in [-0.4, -0.2) is 0 Å². The Labute approximate surface area is 83.4 Å². The molecule has 1 aliphatic carbocycles. The van der Waals surface area contributed by atoms with Crippen molar-refractivity contribution in [3.63, 3.8) is 0 Å². The second-order valence-electron chi connectivity index (χ2n) is 4.80. The minimum absolute atomic E-state index is 0.830. The molecule has 0 N–H and O–H groups in total. The Balaban J connectivity index is 2.65. The highest BCUT2D eigenvalue weighted by Gasteiger charge is 2.22. The minimum Gasteiger partial charge on any atom is -0.0819 e. The van der Waals surface area contributed by atoms with Crippen molar-refractivity contribution < 1.29 is 0 Å². The highest BCUT2D eigenvalue weighted by molar-refractivity contribution is 5.09. The first kappa shape index (κ1) is 10.8. The summed E-state index contributed by atoms with van der Waals surface area (Å²) in [7, 11) is 0. The summed E-state index contributed by atoms with van der Waals surface area (Å²) in [6.45, 7) is 9.33. The van der Waals surface area contributed by atoms with Gasteiger partial charge in [0.1, 0.15) is 0 Å². The molecule has 0 fully saturated rings. The Morgan fingerprint density at radius 2 is 2.08 bits per heavy atom. The van der Waals surface area contributed by atoms with E-state index in [9.17, 15) is 0 Å². The first-order chi connectivity index (χ1) is 6.17. The Morgan fingerprint density at radius 1 is 1.38 bits per heavy atom. The third kappa shape index (κ3) is 2.86. The van der Waals surface area contributed by atoms with Crippen molar-refractivity contribution in [2.45, 2.75) is 53.4 Å². The normalized spacial score (nSPS) is 29.2. The molecule has 0 heterocycles. The van der Waals surface area contributed by atoms with Gasteiger partial charge in [-0.2, -0.15) is 0 Å². The lowest BCUT2D eigenvalue weighted by Crippen LogP contribution is -2.17. The van der Waals surface area contributed by atoms with Crippen LogP contribution in [0.5, 0.6) is 0 Å². The summed E-state index contributed by atoms with van der Waals surface area (Å²) in [4.78, 5) is 0. The zero-order valence-electron chi connectivity index (χ0n) is 9.64. The molecule has 0 saturated heterocycles. The van der Waals surface area contributed by atoms with E-state index in [1.165, 1.54) is 25.7 Å². The molecule has 0 radical (unpaired) electrons. The summed E-state index contributed by atoms with van der Waals surface area (Å²) in [6, 6.07) is 0. The average Bonchev–Trinajstić information content (AvgIpc) is 2.16. The number of hydrogen-bond acceptors (Lipinski definition) is 0. The summed E-state index contributed by atoms with van der Waals surface area (Å²) < 4.78 is 0. The second-order valence-corrected chi connectivity index (χ2v) is 4.80. The predicted octanol–water partition coefficient (Wildman–Crippen LogP) is 4.42. The van der Waals surface area contributed by atoms with E-state index >= 15 is 0 Å². The maximum Gasteiger partial charge on any atom is -0.0205 e. The molecule has 0 nitrogen and oxygen atoms in total. The average molecular weight is 180 g/mol. The number of rotatable bonds is 3. The van der Waals surface area contributed by atoms with Gasteiger partial charge in [-0.25, -0.2) is 0 Å². The van der Waals surface area contributed by atoms with Crippen molar-refractivity contribution in [2.75, 3.05) is 0 Å². The topological polar surface area (TPSA) is 0 Å². The summed E-state index contributed by atoms with van der Waals surface area (Å²) in [5.74, 6) is 2.65. The summed E-state index contributed by atoms with van der Waals surface area (Å²) >= 11 is 0. The Morgan fingerprint density at radius 3 is 2.54 bits per heavy atom. The van der Waals surface area contributed by atoms with Crippen LogP contribution in [0.4, 0.5) is 0 Å². The van der Waals surface area contributed by atoms with E-state index in [1.807, 2.05) is 0 Å². The SMILES string of the molecule is CCC1=CC(C(C)C)CC(CC)C1. The van der Waals surface area contributed by atoms with Crippen LogP contribution in [0.25, 0.3) is 0 Å². The zero-order valence-corrected chi connectivity index (χ0v) is 9.64. The molecule has 0 aromatic carbocycles. The Kier molecular flexibility index (Phi) is 4.02. The molecule has 0 bridgehead atoms. The van der Waals surface area contributed by atoms with Gasteiger partial charge in [-0.3, -0.25) is 0 Å². The molecule has 76 valence electrons. The van der Waals surface area contributed by atoms with Crippen molar-refractivity contribution in [1.82, 2.24) is 0 Å². The second kappa shape index (κ2) is 4.83. The van der Waals surface area contributed by atoms with E-state index < -0.39 is 0 Å². The first-order valence-electron chi connectivity index (χ1n) is 5.86. The van der Waals surface area contributed by atoms with Crippen molar-refractivity contribution in [2.24, 2.45) is 17.8 Å². The van der Waals surface area contributed by atoms with Crippen LogP contribution in [0.15, 0.2) is 11.6 Å². The van der Waals surface area contributed by atoms with Crippen LogP contribution in [0.1, 0.15) is 53.4 Å². The monoisotopic (exact) mass is 180 g/mol. The predicted molar refractivity (Wildman–Crippen MR) is 59.7 cm³/mol. The molecule has 0 amide bonds. The third-order valence-electron chi connectivity index (χ3n) is 3.49. The molecule has 1 aliphatic rings. The Hall–Kier alpha value is -0.260. The molecule has 1 rings (SSSR count). The van der Waals surface area contributed by atoms with Crippen LogP contribution >= 0.6 is 0 Å². The number of allylic oxidation sites excluding steroid dienone is 2. The van der Waals surface area contributed by atoms with Gasteiger partial charge in [0.25, 0.3) is 0 Å². The number of hydrogen-bond donors (Lipinski definition) is 0. The highest BCUT2D eigenvalue weighted by atomic mass is 14.3. The first-order valence-corrected chi connectivity index (χ1v) is 5.86. The van der Waals surface area contributed by atoms with Crippen molar-refractivity contribution in [3.8, 4) is 0 Å². The molecular formula is C13H24. The van der Waals surface area contributed by atoms with Crippen molar-refractivity contribution in [1.29, 1.82) is 0 Å². The molecule has 2 unspecified atom stereocenters. The zero-order chi connectivity index (χ0) is 9.84. The summed E-state index contributed by atoms with van der Waals surface area (Å²) in [5.41, 5.74) is 1.71. The third-order valence-corrected chi connectivity index (χ3v) is 3.49. The van der Waals surface area contributed by atoms with Gasteiger partial charge in [-0.05, 0) is 37.0 Å². The van der Waals surface area contributed by atoms with Gasteiger partial charge in [0.2, 0.25) is 0 Å². The van der Waals surface area contributed by atoms with Crippen LogP contribution in [0.3, 0.4) is 0 Å². The van der Waals surface area contributed by atoms with E-state index in [1.54, 1.807) is 5.57 Å². The standard InChI is InChI=1S/C13H24/c1-5-11-7-12(6-2)9-13(8-11)10(3)4/h8,10,12-13H,5-7,9H2,1-4H3. The van der Waals surface area contributed by atoms with Crippen LogP contribution < -0.4 is 0 Å². The van der Waals surface area contributed by atoms with E-state index in [2.05, 4.69) is 33.8 Å². The largest absolute Gasteiger partial charge is 0.0819 e. The van der Waals surface area contributed by atoms with Gasteiger partial charge in [0.05, 0.1) is 0 Å². The molecule has 0 aromatic rings. The van der Waals surface area contributed by atoms with Gasteiger partial charge in [-0.1, -0.05) is 45.8 Å². The molecule has 0 saturated carbocycles. The molecular weight excluding hydrogens is 156 g/mol. The van der Waals surface area contributed by atoms with Gasteiger partial charge in [0, 0.05) is 0 Å². The molecule has 13 heavy (non-hydrogen) atoms. The lowest BCUT2D eigenvalue weighted by atomic mass is 9.76. The van der Waals surface area contributed by atoms with Gasteiger partial charge in [0.15, 0.2) is 0 Å². The van der Waals surface area contributed by atoms with Crippen LogP contribution in [0, 0.1) is 17.8 Å². The van der Waals surface area contributed by atoms with Crippen LogP contribution in [-0.2, 0) is 0 Å². The lowest BCUT2D eigenvalue weighted by Gasteiger charge is -2.30. The highest BCUT2D eigenvalue weighted by Crippen LogP contribution is 2.35. The van der Waals surface area contributed by atoms with Crippen molar-refractivity contribution in [3.05, 3.63) is 11.6 Å². The van der Waals surface area contributed by atoms with E-state index in [0.29, 0.717) is 0 Å². The fourth-order valence-corrected chi connectivity index (χ4v) is 2.32. The smallest absolute Gasteiger partial charge is 0.0205 e. The summed E-state index contributed by atoms with van der Waals surface area (Å²) in [5, 5.41) is 0. The minimum atomic E-state index is 0.830. The maximum absolute atomic E-state index is 2.55. The fraction of sp³-hybridized carbons (Fsp3) is 0.846. The Bertz CT molecular complexity index is 176. The van der Waals surface area contributed by atoms with Gasteiger partial charge in [-0.15, -0.1) is 0 Å². The molecule has 2 atom stereocenters. The lowest BCUT2D eigenvalue weighted by molar-refractivity contribution is 0.316. The summed E-state index contributed by atoms with van der Waals surface area (Å²) in [6.07, 6.45) is 7.98. The molecule has 0 aromatic heterocycles. The van der Waals surface area contributed by atoms with Gasteiger partial charge >= 0.3 is 0 Å². The molecule has 0 spiro atoms. The maximum atomic E-state index is 2.55. The fourth-order valence-electron chi connectivity index (χ4n) is 2.32. The van der Waals surface area contributed by atoms with E-state index in [4.69, 9.17) is 0 Å². The van der Waals surface area contributed by atoms with Crippen LogP contribution in [0.2, 0.25) is 0 Å². The van der Waals surface area contributed by atoms with Crippen molar-refractivity contribution >= 4 is 0 Å². The molecule has 0 aliphatic heterocycles. The quantitative estimate of drug-likeness (QED) is 0.564. The van der Waals surface area contributed by atoms with E-state index in [-0.39, 0.29) is 0 Å².